The van der Waals surface area contributed by atoms with Gasteiger partial charge >= 0.3 is 0 Å². The van der Waals surface area contributed by atoms with Crippen molar-refractivity contribution in [3.63, 3.8) is 0 Å². The van der Waals surface area contributed by atoms with Crippen LogP contribution in [-0.4, -0.2) is 26.5 Å². The van der Waals surface area contributed by atoms with E-state index < -0.39 is 0 Å². The van der Waals surface area contributed by atoms with Crippen LogP contribution >= 0.6 is 11.3 Å². The number of carbonyl (C=O) groups is 2. The van der Waals surface area contributed by atoms with E-state index in [2.05, 4.69) is 15.4 Å². The molecule has 2 aromatic heterocycles. The Balaban J connectivity index is 1.94. The van der Waals surface area contributed by atoms with E-state index in [4.69, 9.17) is 0 Å². The first-order valence-electron chi connectivity index (χ1n) is 6.93. The number of ketones is 1. The number of thiazole rings is 1. The monoisotopic (exact) mass is 326 g/mol. The van der Waals surface area contributed by atoms with Gasteiger partial charge in [0.25, 0.3) is 5.91 Å². The van der Waals surface area contributed by atoms with Crippen LogP contribution in [0.1, 0.15) is 27.1 Å². The van der Waals surface area contributed by atoms with E-state index >= 15 is 0 Å². The van der Waals surface area contributed by atoms with Crippen molar-refractivity contribution in [2.45, 2.75) is 6.92 Å². The van der Waals surface area contributed by atoms with Crippen LogP contribution in [0, 0.1) is 0 Å². The van der Waals surface area contributed by atoms with Crippen LogP contribution < -0.4 is 5.32 Å². The topological polar surface area (TPSA) is 76.9 Å². The molecule has 0 unspecified atom stereocenters. The standard InChI is InChI=1S/C16H14N4O2S/c1-10(21)14-13(11-6-4-3-5-7-11)18-16(23-14)19-15(22)12-8-9-17-20(12)2/h3-9H,1-2H3,(H,18,19,22). The summed E-state index contributed by atoms with van der Waals surface area (Å²) in [5.74, 6) is -0.393. The molecular formula is C16H14N4O2S. The number of nitrogens with one attached hydrogen (secondary N) is 1. The van der Waals surface area contributed by atoms with Crippen LogP contribution in [0.15, 0.2) is 42.6 Å². The smallest absolute Gasteiger partial charge is 0.275 e. The minimum Gasteiger partial charge on any atom is -0.296 e. The fraction of sp³-hybridized carbons (Fsp3) is 0.125. The Kier molecular flexibility index (Phi) is 4.03. The van der Waals surface area contributed by atoms with Gasteiger partial charge in [0.2, 0.25) is 0 Å². The summed E-state index contributed by atoms with van der Waals surface area (Å²) in [7, 11) is 1.69. The molecule has 0 aliphatic heterocycles. The number of hydrogen-bond donors (Lipinski definition) is 1. The molecular weight excluding hydrogens is 312 g/mol. The van der Waals surface area contributed by atoms with E-state index in [1.54, 1.807) is 19.3 Å². The summed E-state index contributed by atoms with van der Waals surface area (Å²) in [5.41, 5.74) is 1.85. The van der Waals surface area contributed by atoms with Gasteiger partial charge in [0.1, 0.15) is 5.69 Å². The Morgan fingerprint density at radius 1 is 1.17 bits per heavy atom. The number of amides is 1. The number of Topliss-reactive ketones (excluding diaryl/α,β-unsaturated/α-hetero) is 1. The van der Waals surface area contributed by atoms with E-state index in [-0.39, 0.29) is 11.7 Å². The average molecular weight is 326 g/mol. The number of nitrogens with zero attached hydrogens (tertiary/aromatic N) is 3. The number of aryl methyl sites for hydroxylation is 1. The Morgan fingerprint density at radius 2 is 1.91 bits per heavy atom. The van der Waals surface area contributed by atoms with Crippen LogP contribution in [-0.2, 0) is 7.05 Å². The highest BCUT2D eigenvalue weighted by atomic mass is 32.1. The maximum absolute atomic E-state index is 12.2. The van der Waals surface area contributed by atoms with Gasteiger partial charge in [-0.15, -0.1) is 0 Å². The van der Waals surface area contributed by atoms with Crippen molar-refractivity contribution in [2.75, 3.05) is 5.32 Å². The molecule has 0 fully saturated rings. The van der Waals surface area contributed by atoms with Gasteiger partial charge in [-0.05, 0) is 6.07 Å². The zero-order valence-corrected chi connectivity index (χ0v) is 13.4. The minimum absolute atomic E-state index is 0.0811. The van der Waals surface area contributed by atoms with Crippen LogP contribution in [0.3, 0.4) is 0 Å². The van der Waals surface area contributed by atoms with Crippen molar-refractivity contribution in [1.82, 2.24) is 14.8 Å². The van der Waals surface area contributed by atoms with Gasteiger partial charge < -0.3 is 0 Å². The molecule has 0 spiro atoms. The highest BCUT2D eigenvalue weighted by Crippen LogP contribution is 2.31. The zero-order chi connectivity index (χ0) is 16.4. The molecule has 0 saturated heterocycles. The fourth-order valence-electron chi connectivity index (χ4n) is 2.16. The Morgan fingerprint density at radius 3 is 2.52 bits per heavy atom. The second-order valence-electron chi connectivity index (χ2n) is 4.91. The largest absolute Gasteiger partial charge is 0.296 e. The molecule has 0 bridgehead atoms. The van der Waals surface area contributed by atoms with E-state index in [0.29, 0.717) is 21.4 Å². The van der Waals surface area contributed by atoms with E-state index in [1.807, 2.05) is 30.3 Å². The molecule has 0 aliphatic carbocycles. The molecule has 1 amide bonds. The summed E-state index contributed by atoms with van der Waals surface area (Å²) >= 11 is 1.17. The molecule has 0 aliphatic rings. The first-order chi connectivity index (χ1) is 11.1. The first kappa shape index (κ1) is 15.1. The van der Waals surface area contributed by atoms with Crippen LogP contribution in [0.2, 0.25) is 0 Å². The number of aromatic nitrogens is 3. The SMILES string of the molecule is CC(=O)c1sc(NC(=O)c2ccnn2C)nc1-c1ccccc1. The van der Waals surface area contributed by atoms with Gasteiger partial charge in [-0.1, -0.05) is 41.7 Å². The Labute approximate surface area is 136 Å². The number of carbonyl (C=O) groups excluding carboxylic acids is 2. The molecule has 0 saturated carbocycles. The maximum atomic E-state index is 12.2. The molecule has 2 heterocycles. The van der Waals surface area contributed by atoms with Crippen LogP contribution in [0.5, 0.6) is 0 Å². The quantitative estimate of drug-likeness (QED) is 0.748. The molecule has 23 heavy (non-hydrogen) atoms. The van der Waals surface area contributed by atoms with E-state index in [1.165, 1.54) is 22.9 Å². The van der Waals surface area contributed by atoms with Crippen molar-refractivity contribution in [1.29, 1.82) is 0 Å². The third-order valence-corrected chi connectivity index (χ3v) is 4.34. The average Bonchev–Trinajstić information content (AvgIpc) is 3.14. The Bertz CT molecular complexity index is 867. The summed E-state index contributed by atoms with van der Waals surface area (Å²) in [5, 5.41) is 7.08. The lowest BCUT2D eigenvalue weighted by atomic mass is 10.1. The van der Waals surface area contributed by atoms with Gasteiger partial charge in [-0.25, -0.2) is 4.98 Å². The number of rotatable bonds is 4. The molecule has 3 rings (SSSR count). The molecule has 6 nitrogen and oxygen atoms in total. The van der Waals surface area contributed by atoms with E-state index in [9.17, 15) is 9.59 Å². The second-order valence-corrected chi connectivity index (χ2v) is 5.91. The first-order valence-corrected chi connectivity index (χ1v) is 7.74. The van der Waals surface area contributed by atoms with Gasteiger partial charge in [-0.3, -0.25) is 19.6 Å². The summed E-state index contributed by atoms with van der Waals surface area (Å²) in [6.45, 7) is 1.49. The fourth-order valence-corrected chi connectivity index (χ4v) is 3.04. The highest BCUT2D eigenvalue weighted by Gasteiger charge is 2.19. The van der Waals surface area contributed by atoms with Crippen molar-refractivity contribution in [3.05, 3.63) is 53.2 Å². The highest BCUT2D eigenvalue weighted by molar-refractivity contribution is 7.18. The maximum Gasteiger partial charge on any atom is 0.275 e. The normalized spacial score (nSPS) is 10.5. The summed E-state index contributed by atoms with van der Waals surface area (Å²) in [6, 6.07) is 11.0. The van der Waals surface area contributed by atoms with Gasteiger partial charge in [0.15, 0.2) is 10.9 Å². The third kappa shape index (κ3) is 3.04. The van der Waals surface area contributed by atoms with Crippen molar-refractivity contribution in [3.8, 4) is 11.3 Å². The van der Waals surface area contributed by atoms with Gasteiger partial charge in [0.05, 0.1) is 10.6 Å². The van der Waals surface area contributed by atoms with Crippen molar-refractivity contribution in [2.24, 2.45) is 7.05 Å². The predicted octanol–water partition coefficient (Wildman–Crippen LogP) is 3.00. The number of anilines is 1. The molecule has 116 valence electrons. The lowest BCUT2D eigenvalue weighted by Gasteiger charge is -2.01. The summed E-state index contributed by atoms with van der Waals surface area (Å²) in [6.07, 6.45) is 1.55. The molecule has 0 atom stereocenters. The van der Waals surface area contributed by atoms with E-state index in [0.717, 1.165) is 5.56 Å². The zero-order valence-electron chi connectivity index (χ0n) is 12.6. The predicted molar refractivity (Wildman–Crippen MR) is 88.7 cm³/mol. The molecule has 1 aromatic carbocycles. The second kappa shape index (κ2) is 6.13. The lowest BCUT2D eigenvalue weighted by molar-refractivity contribution is 0.101. The number of hydrogen-bond acceptors (Lipinski definition) is 5. The van der Waals surface area contributed by atoms with Crippen molar-refractivity contribution >= 4 is 28.2 Å². The summed E-state index contributed by atoms with van der Waals surface area (Å²) < 4.78 is 1.48. The van der Waals surface area contributed by atoms with Crippen LogP contribution in [0.25, 0.3) is 11.3 Å². The molecule has 3 aromatic rings. The Hall–Kier alpha value is -2.80. The molecule has 7 heteroatoms. The van der Waals surface area contributed by atoms with Gasteiger partial charge in [0, 0.05) is 25.7 Å². The number of benzene rings is 1. The van der Waals surface area contributed by atoms with Crippen LogP contribution in [0.4, 0.5) is 5.13 Å². The molecule has 1 N–H and O–H groups in total. The lowest BCUT2D eigenvalue weighted by Crippen LogP contribution is -2.15. The summed E-state index contributed by atoms with van der Waals surface area (Å²) in [4.78, 5) is 29.0. The third-order valence-electron chi connectivity index (χ3n) is 3.27. The minimum atomic E-state index is -0.312. The van der Waals surface area contributed by atoms with Crippen molar-refractivity contribution < 1.29 is 9.59 Å². The van der Waals surface area contributed by atoms with Gasteiger partial charge in [-0.2, -0.15) is 5.10 Å². The molecule has 0 radical (unpaired) electrons.